The maximum absolute atomic E-state index is 11.6. The van der Waals surface area contributed by atoms with E-state index in [1.807, 2.05) is 0 Å². The smallest absolute Gasteiger partial charge is 0.315 e. The molecule has 0 aromatic rings. The molecule has 9 heteroatoms. The number of hydrogen-bond acceptors (Lipinski definition) is 3. The Kier molecular flexibility index (Phi) is 6.57. The van der Waals surface area contributed by atoms with Gasteiger partial charge < -0.3 is 31.9 Å². The lowest BCUT2D eigenvalue weighted by Crippen LogP contribution is -2.50. The Balaban J connectivity index is 2.61. The predicted octanol–water partition coefficient (Wildman–Crippen LogP) is -0.937. The molecule has 0 aromatic heterocycles. The molecule has 21 heavy (non-hydrogen) atoms. The van der Waals surface area contributed by atoms with Crippen molar-refractivity contribution in [2.24, 2.45) is 0 Å². The summed E-state index contributed by atoms with van der Waals surface area (Å²) in [4.78, 5) is 34.8. The Labute approximate surface area is 124 Å². The van der Waals surface area contributed by atoms with Gasteiger partial charge in [-0.3, -0.25) is 0 Å². The highest BCUT2D eigenvalue weighted by molar-refractivity contribution is 5.77. The van der Waals surface area contributed by atoms with Crippen LogP contribution in [0.4, 0.5) is 14.4 Å². The second-order valence-corrected chi connectivity index (χ2v) is 5.27. The second kappa shape index (κ2) is 8.18. The lowest BCUT2D eigenvalue weighted by atomic mass is 10.3. The minimum absolute atomic E-state index is 0.209. The van der Waals surface area contributed by atoms with Gasteiger partial charge in [0.15, 0.2) is 0 Å². The van der Waals surface area contributed by atoms with E-state index in [1.165, 1.54) is 0 Å². The molecule has 0 radical (unpaired) electrons. The molecule has 6 N–H and O–H groups in total. The Bertz CT molecular complexity index is 332. The van der Waals surface area contributed by atoms with Crippen molar-refractivity contribution in [2.45, 2.75) is 38.9 Å². The van der Waals surface area contributed by atoms with Gasteiger partial charge in [-0.25, -0.2) is 14.4 Å². The van der Waals surface area contributed by atoms with Crippen LogP contribution >= 0.6 is 0 Å². The zero-order valence-corrected chi connectivity index (χ0v) is 12.6. The number of urea groups is 3. The quantitative estimate of drug-likeness (QED) is 0.346. The first-order valence-corrected chi connectivity index (χ1v) is 7.00. The molecule has 0 aromatic carbocycles. The third-order valence-electron chi connectivity index (χ3n) is 2.84. The Morgan fingerprint density at radius 2 is 0.857 bits per heavy atom. The predicted molar refractivity (Wildman–Crippen MR) is 78.0 cm³/mol. The zero-order chi connectivity index (χ0) is 15.8. The molecule has 0 spiro atoms. The standard InChI is InChI=1S/C12H24N6O3/c1-7-4-13-11(20)17-9(3)6-15-12(21)18-8(2)5-14-10(19)16-7/h7-9H,4-6H2,1-3H3,(H2,14,16,19)(H2,13,17,20)(H2,15,18,21)/t7-,8-,9-/m0/s1. The minimum Gasteiger partial charge on any atom is -0.336 e. The average Bonchev–Trinajstić information content (AvgIpc) is 2.40. The highest BCUT2D eigenvalue weighted by Gasteiger charge is 2.14. The van der Waals surface area contributed by atoms with Crippen molar-refractivity contribution < 1.29 is 14.4 Å². The van der Waals surface area contributed by atoms with E-state index in [-0.39, 0.29) is 36.2 Å². The van der Waals surface area contributed by atoms with Gasteiger partial charge in [-0.05, 0) is 20.8 Å². The van der Waals surface area contributed by atoms with E-state index in [4.69, 9.17) is 0 Å². The van der Waals surface area contributed by atoms with Crippen LogP contribution in [0.2, 0.25) is 0 Å². The van der Waals surface area contributed by atoms with Crippen molar-refractivity contribution in [3.8, 4) is 0 Å². The summed E-state index contributed by atoms with van der Waals surface area (Å²) in [6, 6.07) is -1.66. The molecule has 1 saturated heterocycles. The van der Waals surface area contributed by atoms with Crippen LogP contribution in [0.25, 0.3) is 0 Å². The lowest BCUT2D eigenvalue weighted by Gasteiger charge is -2.17. The summed E-state index contributed by atoms with van der Waals surface area (Å²) >= 11 is 0. The molecule has 1 heterocycles. The van der Waals surface area contributed by atoms with Crippen LogP contribution in [-0.4, -0.2) is 55.9 Å². The summed E-state index contributed by atoms with van der Waals surface area (Å²) in [6.07, 6.45) is 0. The molecule has 120 valence electrons. The first-order chi connectivity index (χ1) is 9.86. The third-order valence-corrected chi connectivity index (χ3v) is 2.84. The van der Waals surface area contributed by atoms with E-state index in [9.17, 15) is 14.4 Å². The highest BCUT2D eigenvalue weighted by Crippen LogP contribution is 1.86. The first-order valence-electron chi connectivity index (χ1n) is 7.00. The molecule has 0 bridgehead atoms. The van der Waals surface area contributed by atoms with Gasteiger partial charge in [0.05, 0.1) is 0 Å². The molecular weight excluding hydrogens is 276 g/mol. The number of nitrogens with one attached hydrogen (secondary N) is 6. The Hall–Kier alpha value is -2.19. The largest absolute Gasteiger partial charge is 0.336 e. The van der Waals surface area contributed by atoms with Crippen LogP contribution < -0.4 is 31.9 Å². The topological polar surface area (TPSA) is 123 Å². The molecule has 1 aliphatic heterocycles. The molecule has 0 unspecified atom stereocenters. The van der Waals surface area contributed by atoms with Crippen LogP contribution in [0, 0.1) is 0 Å². The van der Waals surface area contributed by atoms with Gasteiger partial charge in [0, 0.05) is 37.8 Å². The van der Waals surface area contributed by atoms with Crippen molar-refractivity contribution in [3.05, 3.63) is 0 Å². The minimum atomic E-state index is -0.345. The average molecular weight is 300 g/mol. The van der Waals surface area contributed by atoms with Crippen LogP contribution in [0.1, 0.15) is 20.8 Å². The van der Waals surface area contributed by atoms with E-state index in [0.29, 0.717) is 19.6 Å². The van der Waals surface area contributed by atoms with Crippen molar-refractivity contribution in [2.75, 3.05) is 19.6 Å². The van der Waals surface area contributed by atoms with E-state index >= 15 is 0 Å². The van der Waals surface area contributed by atoms with Gasteiger partial charge in [0.2, 0.25) is 0 Å². The van der Waals surface area contributed by atoms with Crippen molar-refractivity contribution >= 4 is 18.1 Å². The number of rotatable bonds is 0. The maximum Gasteiger partial charge on any atom is 0.315 e. The lowest BCUT2D eigenvalue weighted by molar-refractivity contribution is 0.231. The molecule has 0 aliphatic carbocycles. The summed E-state index contributed by atoms with van der Waals surface area (Å²) < 4.78 is 0. The number of carbonyl (C=O) groups excluding carboxylic acids is 3. The van der Waals surface area contributed by atoms with E-state index in [2.05, 4.69) is 31.9 Å². The van der Waals surface area contributed by atoms with Crippen LogP contribution in [0.3, 0.4) is 0 Å². The number of hydrogen-bond donors (Lipinski definition) is 6. The molecule has 1 aliphatic rings. The first kappa shape index (κ1) is 16.9. The van der Waals surface area contributed by atoms with Gasteiger partial charge in [-0.2, -0.15) is 0 Å². The van der Waals surface area contributed by atoms with Crippen molar-refractivity contribution in [3.63, 3.8) is 0 Å². The van der Waals surface area contributed by atoms with Gasteiger partial charge in [-0.1, -0.05) is 0 Å². The van der Waals surface area contributed by atoms with E-state index in [1.54, 1.807) is 20.8 Å². The van der Waals surface area contributed by atoms with Crippen LogP contribution in [0.5, 0.6) is 0 Å². The molecular formula is C12H24N6O3. The van der Waals surface area contributed by atoms with Crippen LogP contribution in [-0.2, 0) is 0 Å². The summed E-state index contributed by atoms with van der Waals surface area (Å²) in [5.41, 5.74) is 0. The fourth-order valence-corrected chi connectivity index (χ4v) is 1.71. The Morgan fingerprint density at radius 1 is 0.619 bits per heavy atom. The molecule has 9 nitrogen and oxygen atoms in total. The summed E-state index contributed by atoms with van der Waals surface area (Å²) in [5.74, 6) is 0. The summed E-state index contributed by atoms with van der Waals surface area (Å²) in [7, 11) is 0. The van der Waals surface area contributed by atoms with Crippen LogP contribution in [0.15, 0.2) is 0 Å². The normalized spacial score (nSPS) is 29.3. The van der Waals surface area contributed by atoms with Gasteiger partial charge in [-0.15, -0.1) is 0 Å². The van der Waals surface area contributed by atoms with Crippen molar-refractivity contribution in [1.29, 1.82) is 0 Å². The fraction of sp³-hybridized carbons (Fsp3) is 0.750. The monoisotopic (exact) mass is 300 g/mol. The molecule has 0 saturated carbocycles. The molecule has 3 atom stereocenters. The molecule has 6 amide bonds. The second-order valence-electron chi connectivity index (χ2n) is 5.27. The van der Waals surface area contributed by atoms with Crippen molar-refractivity contribution in [1.82, 2.24) is 31.9 Å². The third kappa shape index (κ3) is 7.23. The van der Waals surface area contributed by atoms with Gasteiger partial charge in [0.25, 0.3) is 0 Å². The van der Waals surface area contributed by atoms with E-state index < -0.39 is 0 Å². The zero-order valence-electron chi connectivity index (χ0n) is 12.6. The molecule has 1 fully saturated rings. The van der Waals surface area contributed by atoms with Gasteiger partial charge >= 0.3 is 18.1 Å². The highest BCUT2D eigenvalue weighted by atomic mass is 16.2. The summed E-state index contributed by atoms with van der Waals surface area (Å²) in [6.45, 7) is 6.29. The number of carbonyl (C=O) groups is 3. The van der Waals surface area contributed by atoms with E-state index in [0.717, 1.165) is 0 Å². The molecule has 1 rings (SSSR count). The number of amides is 6. The SMILES string of the molecule is C[C@H]1CNC(=O)N[C@@H](C)CNC(=O)N[C@@H](C)CNC(=O)N1. The maximum atomic E-state index is 11.6. The Morgan fingerprint density at radius 3 is 1.10 bits per heavy atom. The summed E-state index contributed by atoms with van der Waals surface area (Å²) in [5, 5.41) is 16.0. The van der Waals surface area contributed by atoms with Gasteiger partial charge in [0.1, 0.15) is 0 Å². The fourth-order valence-electron chi connectivity index (χ4n) is 1.71.